The molecule has 1 rings (SSSR count). The highest BCUT2D eigenvalue weighted by Crippen LogP contribution is 2.47. The monoisotopic (exact) mass is 797 g/mol. The van der Waals surface area contributed by atoms with Crippen LogP contribution >= 0.6 is 7.82 Å². The van der Waals surface area contributed by atoms with E-state index in [1.165, 1.54) is 109 Å². The first-order valence-corrected chi connectivity index (χ1v) is 22.8. The van der Waals surface area contributed by atoms with Crippen LogP contribution < -0.4 is 0 Å². The number of ether oxygens (including phenoxy) is 2. The Morgan fingerprint density at radius 3 is 1.22 bits per heavy atom. The lowest BCUT2D eigenvalue weighted by atomic mass is 9.85. The summed E-state index contributed by atoms with van der Waals surface area (Å²) in [6.07, 6.45) is 16.2. The van der Waals surface area contributed by atoms with Gasteiger partial charge in [0.05, 0.1) is 6.61 Å². The number of phosphoric ester groups is 1. The third kappa shape index (κ3) is 24.5. The number of aliphatic hydroxyl groups excluding tert-OH is 5. The maximum Gasteiger partial charge on any atom is 0.472 e. The summed E-state index contributed by atoms with van der Waals surface area (Å²) in [5, 5.41) is 49.9. The highest BCUT2D eigenvalue weighted by Gasteiger charge is 2.51. The molecule has 0 radical (unpaired) electrons. The first-order chi connectivity index (χ1) is 25.9. The number of hydrogen-bond donors (Lipinski definition) is 6. The molecule has 0 aromatic heterocycles. The molecule has 0 amide bonds. The van der Waals surface area contributed by atoms with E-state index in [1.807, 2.05) is 0 Å². The summed E-state index contributed by atoms with van der Waals surface area (Å²) >= 11 is 0. The van der Waals surface area contributed by atoms with Crippen molar-refractivity contribution in [3.05, 3.63) is 0 Å². The van der Waals surface area contributed by atoms with Crippen LogP contribution in [0.5, 0.6) is 0 Å². The van der Waals surface area contributed by atoms with Crippen LogP contribution in [0.3, 0.4) is 0 Å². The average molecular weight is 797 g/mol. The number of unbranched alkanes of at least 4 members (excludes halogenated alkanes) is 23. The molecule has 13 nitrogen and oxygen atoms in total. The number of esters is 2. The van der Waals surface area contributed by atoms with E-state index in [0.29, 0.717) is 12.8 Å². The minimum absolute atomic E-state index is 0.104. The maximum atomic E-state index is 12.7. The minimum Gasteiger partial charge on any atom is -0.462 e. The Labute approximate surface area is 325 Å². The van der Waals surface area contributed by atoms with E-state index in [4.69, 9.17) is 18.5 Å². The summed E-state index contributed by atoms with van der Waals surface area (Å²) in [7, 11) is -5.10. The van der Waals surface area contributed by atoms with Crippen molar-refractivity contribution in [3.63, 3.8) is 0 Å². The van der Waals surface area contributed by atoms with Crippen LogP contribution in [0, 0.1) is 0 Å². The first-order valence-electron chi connectivity index (χ1n) is 21.3. The zero-order valence-electron chi connectivity index (χ0n) is 33.5. The molecule has 0 spiro atoms. The van der Waals surface area contributed by atoms with E-state index in [0.717, 1.165) is 38.5 Å². The second kappa shape index (κ2) is 31.9. The van der Waals surface area contributed by atoms with Gasteiger partial charge in [-0.25, -0.2) is 4.57 Å². The number of aliphatic hydroxyl groups is 5. The largest absolute Gasteiger partial charge is 0.472 e. The normalized spacial score (nSPS) is 23.2. The van der Waals surface area contributed by atoms with Crippen molar-refractivity contribution in [1.82, 2.24) is 0 Å². The van der Waals surface area contributed by atoms with Gasteiger partial charge in [-0.05, 0) is 12.8 Å². The third-order valence-corrected chi connectivity index (χ3v) is 11.2. The first kappa shape index (κ1) is 50.9. The summed E-state index contributed by atoms with van der Waals surface area (Å²) in [5.41, 5.74) is 0. The van der Waals surface area contributed by atoms with Gasteiger partial charge in [0.25, 0.3) is 0 Å². The number of carbonyl (C=O) groups is 2. The lowest BCUT2D eigenvalue weighted by Crippen LogP contribution is -2.64. The molecule has 54 heavy (non-hydrogen) atoms. The van der Waals surface area contributed by atoms with E-state index in [9.17, 15) is 44.6 Å². The Morgan fingerprint density at radius 1 is 0.500 bits per heavy atom. The van der Waals surface area contributed by atoms with E-state index in [-0.39, 0.29) is 12.8 Å². The molecule has 320 valence electrons. The van der Waals surface area contributed by atoms with Crippen molar-refractivity contribution in [2.75, 3.05) is 13.2 Å². The Bertz CT molecular complexity index is 969. The van der Waals surface area contributed by atoms with E-state index in [2.05, 4.69) is 13.8 Å². The zero-order chi connectivity index (χ0) is 40.0. The molecule has 6 unspecified atom stereocenters. The molecular formula is C40H77O13P. The molecule has 14 heteroatoms. The quantitative estimate of drug-likeness (QED) is 0.0211. The Morgan fingerprint density at radius 2 is 0.833 bits per heavy atom. The van der Waals surface area contributed by atoms with Crippen LogP contribution in [0.15, 0.2) is 0 Å². The van der Waals surface area contributed by atoms with Crippen LogP contribution in [0.1, 0.15) is 187 Å². The fourth-order valence-electron chi connectivity index (χ4n) is 6.70. The molecule has 1 fully saturated rings. The standard InChI is InChI=1S/C40H77O13P/c1-3-5-7-9-11-13-14-15-16-17-18-19-20-21-23-25-27-29-34(42)52-32(30-50-33(41)28-26-24-22-12-10-8-6-4-2)31-51-54(48,49)53-40-38(46)36(44)35(43)37(45)39(40)47/h32,35-40,43-47H,3-31H2,1-2H3,(H,48,49). The van der Waals surface area contributed by atoms with Crippen LogP contribution in [-0.2, 0) is 32.7 Å². The number of phosphoric acid groups is 1. The maximum absolute atomic E-state index is 12.7. The molecule has 6 N–H and O–H groups in total. The molecule has 0 aromatic carbocycles. The number of rotatable bonds is 35. The highest BCUT2D eigenvalue weighted by molar-refractivity contribution is 7.47. The van der Waals surface area contributed by atoms with Gasteiger partial charge >= 0.3 is 19.8 Å². The highest BCUT2D eigenvalue weighted by atomic mass is 31.2. The van der Waals surface area contributed by atoms with Crippen molar-refractivity contribution in [2.24, 2.45) is 0 Å². The van der Waals surface area contributed by atoms with Gasteiger partial charge in [0, 0.05) is 12.8 Å². The van der Waals surface area contributed by atoms with Crippen LogP contribution in [-0.4, -0.2) is 98.3 Å². The number of hydrogen-bond acceptors (Lipinski definition) is 12. The summed E-state index contributed by atoms with van der Waals surface area (Å²) in [6.45, 7) is 3.26. The van der Waals surface area contributed by atoms with Crippen molar-refractivity contribution in [3.8, 4) is 0 Å². The lowest BCUT2D eigenvalue weighted by Gasteiger charge is -2.41. The molecule has 0 bridgehead atoms. The van der Waals surface area contributed by atoms with Gasteiger partial charge < -0.3 is 39.9 Å². The van der Waals surface area contributed by atoms with Crippen LogP contribution in [0.25, 0.3) is 0 Å². The molecule has 1 aliphatic carbocycles. The van der Waals surface area contributed by atoms with Crippen molar-refractivity contribution in [1.29, 1.82) is 0 Å². The predicted molar refractivity (Wildman–Crippen MR) is 208 cm³/mol. The average Bonchev–Trinajstić information content (AvgIpc) is 3.15. The molecule has 0 saturated heterocycles. The summed E-state index contributed by atoms with van der Waals surface area (Å²) < 4.78 is 33.4. The second-order valence-corrected chi connectivity index (χ2v) is 16.6. The van der Waals surface area contributed by atoms with Gasteiger partial charge in [-0.1, -0.05) is 162 Å². The fourth-order valence-corrected chi connectivity index (χ4v) is 7.67. The smallest absolute Gasteiger partial charge is 0.462 e. The fraction of sp³-hybridized carbons (Fsp3) is 0.950. The molecule has 1 saturated carbocycles. The van der Waals surface area contributed by atoms with Crippen molar-refractivity contribution in [2.45, 2.75) is 230 Å². The minimum atomic E-state index is -5.10. The Balaban J connectivity index is 2.44. The SMILES string of the molecule is CCCCCCCCCCCCCCCCCCCC(=O)OC(COC(=O)CCCCCCCCCC)COP(=O)(O)OC1C(O)C(O)C(O)C(O)C1O. The van der Waals surface area contributed by atoms with E-state index >= 15 is 0 Å². The van der Waals surface area contributed by atoms with Gasteiger partial charge in [0.1, 0.15) is 43.2 Å². The van der Waals surface area contributed by atoms with Gasteiger partial charge in [-0.3, -0.25) is 18.6 Å². The topological polar surface area (TPSA) is 210 Å². The van der Waals surface area contributed by atoms with Gasteiger partial charge in [0.2, 0.25) is 0 Å². The molecule has 0 aliphatic heterocycles. The van der Waals surface area contributed by atoms with Crippen molar-refractivity contribution < 1.29 is 63.1 Å². The second-order valence-electron chi connectivity index (χ2n) is 15.2. The molecular weight excluding hydrogens is 719 g/mol. The van der Waals surface area contributed by atoms with Gasteiger partial charge in [-0.2, -0.15) is 0 Å². The zero-order valence-corrected chi connectivity index (χ0v) is 34.4. The Hall–Kier alpha value is -1.15. The van der Waals surface area contributed by atoms with E-state index in [1.54, 1.807) is 0 Å². The van der Waals surface area contributed by atoms with E-state index < -0.39 is 75.7 Å². The summed E-state index contributed by atoms with van der Waals surface area (Å²) in [4.78, 5) is 35.4. The van der Waals surface area contributed by atoms with Crippen molar-refractivity contribution >= 4 is 19.8 Å². The van der Waals surface area contributed by atoms with Crippen LogP contribution in [0.4, 0.5) is 0 Å². The van der Waals surface area contributed by atoms with Gasteiger partial charge in [0.15, 0.2) is 6.10 Å². The molecule has 6 atom stereocenters. The number of carbonyl (C=O) groups excluding carboxylic acids is 2. The Kier molecular flexibility index (Phi) is 30.0. The molecule has 0 heterocycles. The lowest BCUT2D eigenvalue weighted by molar-refractivity contribution is -0.220. The summed E-state index contributed by atoms with van der Waals surface area (Å²) in [6, 6.07) is 0. The van der Waals surface area contributed by atoms with Crippen LogP contribution in [0.2, 0.25) is 0 Å². The van der Waals surface area contributed by atoms with Gasteiger partial charge in [-0.15, -0.1) is 0 Å². The summed E-state index contributed by atoms with van der Waals surface area (Å²) in [5.74, 6) is -1.09. The molecule has 0 aromatic rings. The third-order valence-electron chi connectivity index (χ3n) is 10.2. The predicted octanol–water partition coefficient (Wildman–Crippen LogP) is 7.33. The molecule has 1 aliphatic rings.